The number of benzene rings is 3. The van der Waals surface area contributed by atoms with Crippen LogP contribution in [0.2, 0.25) is 0 Å². The molecule has 1 N–H and O–H groups in total. The van der Waals surface area contributed by atoms with Crippen LogP contribution >= 0.6 is 0 Å². The van der Waals surface area contributed by atoms with E-state index in [4.69, 9.17) is 0 Å². The van der Waals surface area contributed by atoms with Gasteiger partial charge in [-0.3, -0.25) is 4.90 Å². The van der Waals surface area contributed by atoms with Gasteiger partial charge in [0.15, 0.2) is 6.04 Å². The highest BCUT2D eigenvalue weighted by molar-refractivity contribution is 6.01. The molecule has 39 heavy (non-hydrogen) atoms. The van der Waals surface area contributed by atoms with E-state index in [0.29, 0.717) is 30.8 Å². The lowest BCUT2D eigenvalue weighted by Crippen LogP contribution is -2.67. The van der Waals surface area contributed by atoms with Crippen molar-refractivity contribution in [2.24, 2.45) is 0 Å². The monoisotopic (exact) mass is 534 g/mol. The topological polar surface area (TPSA) is 84.4 Å². The maximum Gasteiger partial charge on any atom is 0.329 e. The van der Waals surface area contributed by atoms with Crippen molar-refractivity contribution in [3.05, 3.63) is 96.1 Å². The number of carbonyl (C=O) groups excluding carboxylic acids is 2. The number of anilines is 2. The Kier molecular flexibility index (Phi) is 7.19. The SMILES string of the molecule is CN(Cc1ccccc1)C(=O)N1[C@H]2CC[C@@H]1[C@@H](C(=O)O)N(C(=O)N(c1ccc(F)cc1)c1ccc(F)cc1)C2. The van der Waals surface area contributed by atoms with Gasteiger partial charge in [-0.2, -0.15) is 0 Å². The maximum atomic E-state index is 14.0. The van der Waals surface area contributed by atoms with Gasteiger partial charge >= 0.3 is 18.0 Å². The fourth-order valence-corrected chi connectivity index (χ4v) is 5.54. The Hall–Kier alpha value is -4.47. The van der Waals surface area contributed by atoms with Crippen LogP contribution in [0.5, 0.6) is 0 Å². The molecule has 0 spiro atoms. The minimum atomic E-state index is -1.30. The quantitative estimate of drug-likeness (QED) is 0.495. The smallest absolute Gasteiger partial charge is 0.329 e. The predicted octanol–water partition coefficient (Wildman–Crippen LogP) is 5.08. The zero-order valence-corrected chi connectivity index (χ0v) is 21.3. The van der Waals surface area contributed by atoms with Crippen molar-refractivity contribution in [3.63, 3.8) is 0 Å². The van der Waals surface area contributed by atoms with Crippen molar-refractivity contribution in [2.45, 2.75) is 37.5 Å². The minimum Gasteiger partial charge on any atom is -0.480 e. The molecule has 2 aliphatic rings. The van der Waals surface area contributed by atoms with Crippen LogP contribution in [0.25, 0.3) is 0 Å². The molecule has 2 bridgehead atoms. The zero-order chi connectivity index (χ0) is 27.7. The molecule has 5 rings (SSSR count). The highest BCUT2D eigenvalue weighted by Gasteiger charge is 2.54. The number of halogens is 2. The summed E-state index contributed by atoms with van der Waals surface area (Å²) in [6.45, 7) is 0.370. The summed E-state index contributed by atoms with van der Waals surface area (Å²) < 4.78 is 27.4. The summed E-state index contributed by atoms with van der Waals surface area (Å²) in [6.07, 6.45) is 0.986. The number of hydrogen-bond donors (Lipinski definition) is 1. The molecule has 2 heterocycles. The minimum absolute atomic E-state index is 0.0100. The summed E-state index contributed by atoms with van der Waals surface area (Å²) in [6, 6.07) is 16.5. The predicted molar refractivity (Wildman–Crippen MR) is 140 cm³/mol. The number of nitrogens with zero attached hydrogens (tertiary/aromatic N) is 4. The molecule has 3 atom stereocenters. The second-order valence-electron chi connectivity index (χ2n) is 9.84. The van der Waals surface area contributed by atoms with E-state index in [2.05, 4.69) is 0 Å². The number of amides is 4. The Bertz CT molecular complexity index is 1310. The van der Waals surface area contributed by atoms with Gasteiger partial charge in [0, 0.05) is 20.1 Å². The van der Waals surface area contributed by atoms with Gasteiger partial charge in [-0.05, 0) is 66.9 Å². The normalized spacial score (nSPS) is 20.0. The summed E-state index contributed by atoms with van der Waals surface area (Å²) >= 11 is 0. The van der Waals surface area contributed by atoms with E-state index in [0.717, 1.165) is 5.56 Å². The molecule has 10 heteroatoms. The number of carboxylic acid groups (broad SMARTS) is 1. The number of fused-ring (bicyclic) bond motifs is 2. The van der Waals surface area contributed by atoms with Crippen LogP contribution in [-0.4, -0.2) is 69.6 Å². The Balaban J connectivity index is 1.45. The second-order valence-corrected chi connectivity index (χ2v) is 9.84. The van der Waals surface area contributed by atoms with Crippen LogP contribution < -0.4 is 4.90 Å². The molecule has 202 valence electrons. The van der Waals surface area contributed by atoms with Crippen molar-refractivity contribution in [1.29, 1.82) is 0 Å². The molecule has 0 aromatic heterocycles. The molecular formula is C29H28F2N4O4. The standard InChI is InChI=1S/C29H28F2N4O4/c1-32(17-19-5-3-2-4-6-19)28(38)35-24-15-16-25(35)26(27(36)37)33(18-24)29(39)34(22-11-7-20(30)8-12-22)23-13-9-21(31)10-14-23/h2-14,24-26H,15-18H2,1H3,(H,36,37)/t24-,25+,26-/m0/s1. The van der Waals surface area contributed by atoms with Crippen LogP contribution in [0.15, 0.2) is 78.9 Å². The van der Waals surface area contributed by atoms with Crippen LogP contribution in [0, 0.1) is 11.6 Å². The average molecular weight is 535 g/mol. The number of rotatable bonds is 5. The Morgan fingerprint density at radius 2 is 1.41 bits per heavy atom. The van der Waals surface area contributed by atoms with E-state index in [9.17, 15) is 28.3 Å². The van der Waals surface area contributed by atoms with Crippen LogP contribution in [0.4, 0.5) is 29.7 Å². The van der Waals surface area contributed by atoms with E-state index >= 15 is 0 Å². The van der Waals surface area contributed by atoms with Gasteiger partial charge in [0.05, 0.1) is 23.5 Å². The number of urea groups is 2. The van der Waals surface area contributed by atoms with Crippen LogP contribution in [0.1, 0.15) is 18.4 Å². The summed E-state index contributed by atoms with van der Waals surface area (Å²) in [5.74, 6) is -2.23. The van der Waals surface area contributed by atoms with Crippen molar-refractivity contribution < 1.29 is 28.3 Å². The third kappa shape index (κ3) is 5.14. The van der Waals surface area contributed by atoms with E-state index in [1.165, 1.54) is 58.3 Å². The lowest BCUT2D eigenvalue weighted by molar-refractivity contribution is -0.145. The van der Waals surface area contributed by atoms with E-state index in [-0.39, 0.29) is 18.6 Å². The molecule has 0 unspecified atom stereocenters. The molecule has 2 saturated heterocycles. The van der Waals surface area contributed by atoms with E-state index in [1.54, 1.807) is 16.8 Å². The van der Waals surface area contributed by atoms with E-state index in [1.807, 2.05) is 30.3 Å². The zero-order valence-electron chi connectivity index (χ0n) is 21.3. The first-order valence-corrected chi connectivity index (χ1v) is 12.7. The lowest BCUT2D eigenvalue weighted by atomic mass is 10.0. The van der Waals surface area contributed by atoms with Gasteiger partial charge in [0.2, 0.25) is 0 Å². The van der Waals surface area contributed by atoms with E-state index < -0.39 is 35.7 Å². The van der Waals surface area contributed by atoms with Gasteiger partial charge in [-0.15, -0.1) is 0 Å². The molecular weight excluding hydrogens is 506 g/mol. The van der Waals surface area contributed by atoms with Crippen molar-refractivity contribution >= 4 is 29.4 Å². The average Bonchev–Trinajstić information content (AvgIpc) is 3.22. The summed E-state index contributed by atoms with van der Waals surface area (Å²) in [5.41, 5.74) is 1.54. The summed E-state index contributed by atoms with van der Waals surface area (Å²) in [5, 5.41) is 10.3. The second kappa shape index (κ2) is 10.7. The van der Waals surface area contributed by atoms with Gasteiger partial charge < -0.3 is 19.8 Å². The Morgan fingerprint density at radius 3 is 1.95 bits per heavy atom. The highest BCUT2D eigenvalue weighted by atomic mass is 19.1. The number of carbonyl (C=O) groups is 3. The molecule has 3 aromatic carbocycles. The Labute approximate surface area is 224 Å². The fraction of sp³-hybridized carbons (Fsp3) is 0.276. The molecule has 8 nitrogen and oxygen atoms in total. The molecule has 3 aromatic rings. The molecule has 2 aliphatic heterocycles. The summed E-state index contributed by atoms with van der Waals surface area (Å²) in [7, 11) is 1.67. The summed E-state index contributed by atoms with van der Waals surface area (Å²) in [4.78, 5) is 45.8. The van der Waals surface area contributed by atoms with Gasteiger partial charge in [0.25, 0.3) is 0 Å². The maximum absolute atomic E-state index is 14.0. The number of piperazine rings is 1. The van der Waals surface area contributed by atoms with Crippen LogP contribution in [0.3, 0.4) is 0 Å². The molecule has 0 aliphatic carbocycles. The van der Waals surface area contributed by atoms with Crippen molar-refractivity contribution in [2.75, 3.05) is 18.5 Å². The third-order valence-corrected chi connectivity index (χ3v) is 7.32. The number of likely N-dealkylation sites (tertiary alicyclic amines) is 1. The fourth-order valence-electron chi connectivity index (χ4n) is 5.54. The first-order chi connectivity index (χ1) is 18.7. The molecule has 0 saturated carbocycles. The van der Waals surface area contributed by atoms with Crippen molar-refractivity contribution in [1.82, 2.24) is 14.7 Å². The first kappa shape index (κ1) is 26.1. The van der Waals surface area contributed by atoms with Gasteiger partial charge in [-0.1, -0.05) is 30.3 Å². The molecule has 4 amide bonds. The van der Waals surface area contributed by atoms with Crippen LogP contribution in [-0.2, 0) is 11.3 Å². The molecule has 0 radical (unpaired) electrons. The van der Waals surface area contributed by atoms with Gasteiger partial charge in [-0.25, -0.2) is 23.2 Å². The first-order valence-electron chi connectivity index (χ1n) is 12.7. The largest absolute Gasteiger partial charge is 0.480 e. The third-order valence-electron chi connectivity index (χ3n) is 7.32. The molecule has 2 fully saturated rings. The lowest BCUT2D eigenvalue weighted by Gasteiger charge is -2.47. The van der Waals surface area contributed by atoms with Crippen molar-refractivity contribution in [3.8, 4) is 0 Å². The number of hydrogen-bond acceptors (Lipinski definition) is 3. The Morgan fingerprint density at radius 1 is 0.846 bits per heavy atom. The number of aliphatic carboxylic acids is 1. The van der Waals surface area contributed by atoms with Gasteiger partial charge in [0.1, 0.15) is 11.6 Å². The number of carboxylic acids is 1. The highest BCUT2D eigenvalue weighted by Crippen LogP contribution is 2.38.